The van der Waals surface area contributed by atoms with Crippen LogP contribution in [0.5, 0.6) is 0 Å². The summed E-state index contributed by atoms with van der Waals surface area (Å²) in [6.45, 7) is 0.918. The van der Waals surface area contributed by atoms with Crippen LogP contribution in [0, 0.1) is 0 Å². The Morgan fingerprint density at radius 3 is 2.89 bits per heavy atom. The second-order valence-corrected chi connectivity index (χ2v) is 5.22. The molecule has 0 radical (unpaired) electrons. The first kappa shape index (κ1) is 11.7. The Balaban J connectivity index is 1.95. The van der Waals surface area contributed by atoms with Crippen molar-refractivity contribution >= 4 is 5.82 Å². The normalized spacial score (nSPS) is 24.3. The largest absolute Gasteiger partial charge is 0.394 e. The van der Waals surface area contributed by atoms with Crippen molar-refractivity contribution in [2.24, 2.45) is 0 Å². The van der Waals surface area contributed by atoms with E-state index in [0.717, 1.165) is 38.6 Å². The van der Waals surface area contributed by atoms with E-state index >= 15 is 0 Å². The molecule has 1 N–H and O–H groups in total. The van der Waals surface area contributed by atoms with Crippen LogP contribution in [0.15, 0.2) is 17.2 Å². The SMILES string of the molecule is O=c1c(N2CCCCC2CO)nccn1C1CC1. The molecule has 5 heteroatoms. The molecule has 0 aromatic carbocycles. The van der Waals surface area contributed by atoms with Crippen LogP contribution in [0.3, 0.4) is 0 Å². The first-order valence-corrected chi connectivity index (χ1v) is 6.76. The highest BCUT2D eigenvalue weighted by atomic mass is 16.3. The van der Waals surface area contributed by atoms with Crippen LogP contribution in [0.25, 0.3) is 0 Å². The molecule has 5 nitrogen and oxygen atoms in total. The average molecular weight is 249 g/mol. The van der Waals surface area contributed by atoms with Gasteiger partial charge in [-0.2, -0.15) is 0 Å². The first-order valence-electron chi connectivity index (χ1n) is 6.76. The van der Waals surface area contributed by atoms with Gasteiger partial charge in [-0.25, -0.2) is 4.98 Å². The minimum atomic E-state index is 0.000324. The average Bonchev–Trinajstić information content (AvgIpc) is 3.23. The number of hydrogen-bond donors (Lipinski definition) is 1. The van der Waals surface area contributed by atoms with E-state index in [9.17, 15) is 9.90 Å². The molecule has 2 heterocycles. The van der Waals surface area contributed by atoms with Gasteiger partial charge in [-0.3, -0.25) is 4.79 Å². The van der Waals surface area contributed by atoms with Crippen LogP contribution in [0.4, 0.5) is 5.82 Å². The Bertz CT molecular complexity index is 481. The fourth-order valence-electron chi connectivity index (χ4n) is 2.72. The summed E-state index contributed by atoms with van der Waals surface area (Å²) in [5, 5.41) is 9.43. The van der Waals surface area contributed by atoms with Crippen molar-refractivity contribution in [2.75, 3.05) is 18.1 Å². The zero-order chi connectivity index (χ0) is 12.5. The van der Waals surface area contributed by atoms with Crippen molar-refractivity contribution in [3.05, 3.63) is 22.7 Å². The molecule has 2 fully saturated rings. The standard InChI is InChI=1S/C13H19N3O2/c17-9-11-3-1-2-7-15(11)12-13(18)16(8-6-14-12)10-4-5-10/h6,8,10-11,17H,1-5,7,9H2. The van der Waals surface area contributed by atoms with E-state index in [1.165, 1.54) is 0 Å². The molecule has 1 aromatic rings. The van der Waals surface area contributed by atoms with Gasteiger partial charge in [0.1, 0.15) is 0 Å². The van der Waals surface area contributed by atoms with E-state index in [-0.39, 0.29) is 18.2 Å². The van der Waals surface area contributed by atoms with Crippen molar-refractivity contribution in [1.82, 2.24) is 9.55 Å². The smallest absolute Gasteiger partial charge is 0.293 e. The lowest BCUT2D eigenvalue weighted by Gasteiger charge is -2.35. The van der Waals surface area contributed by atoms with Crippen LogP contribution in [0.1, 0.15) is 38.1 Å². The fourth-order valence-corrected chi connectivity index (χ4v) is 2.72. The zero-order valence-corrected chi connectivity index (χ0v) is 10.5. The maximum Gasteiger partial charge on any atom is 0.293 e. The van der Waals surface area contributed by atoms with Gasteiger partial charge in [-0.15, -0.1) is 0 Å². The van der Waals surface area contributed by atoms with E-state index in [1.54, 1.807) is 17.0 Å². The minimum absolute atomic E-state index is 0.000324. The molecule has 2 aliphatic rings. The second kappa shape index (κ2) is 4.72. The third-order valence-electron chi connectivity index (χ3n) is 3.90. The van der Waals surface area contributed by atoms with E-state index < -0.39 is 0 Å². The minimum Gasteiger partial charge on any atom is -0.394 e. The van der Waals surface area contributed by atoms with E-state index in [4.69, 9.17) is 0 Å². The third-order valence-corrected chi connectivity index (χ3v) is 3.90. The van der Waals surface area contributed by atoms with Gasteiger partial charge in [0.15, 0.2) is 5.82 Å². The van der Waals surface area contributed by atoms with Gasteiger partial charge in [-0.05, 0) is 32.1 Å². The summed E-state index contributed by atoms with van der Waals surface area (Å²) in [7, 11) is 0. The number of rotatable bonds is 3. The molecule has 3 rings (SSSR count). The van der Waals surface area contributed by atoms with Gasteiger partial charge >= 0.3 is 0 Å². The number of hydrogen-bond acceptors (Lipinski definition) is 4. The summed E-state index contributed by atoms with van der Waals surface area (Å²) in [5.41, 5.74) is 0.000324. The van der Waals surface area contributed by atoms with Gasteiger partial charge in [0.2, 0.25) is 0 Å². The topological polar surface area (TPSA) is 58.4 Å². The molecule has 1 unspecified atom stereocenters. The third kappa shape index (κ3) is 2.03. The first-order chi connectivity index (χ1) is 8.81. The van der Waals surface area contributed by atoms with E-state index in [1.807, 2.05) is 4.90 Å². The molecule has 0 bridgehead atoms. The molecule has 1 saturated heterocycles. The molecule has 1 aliphatic carbocycles. The lowest BCUT2D eigenvalue weighted by atomic mass is 10.0. The van der Waals surface area contributed by atoms with Gasteiger partial charge in [0.25, 0.3) is 5.56 Å². The van der Waals surface area contributed by atoms with Crippen molar-refractivity contribution in [3.8, 4) is 0 Å². The maximum atomic E-state index is 12.4. The van der Waals surface area contributed by atoms with Gasteiger partial charge in [0.05, 0.1) is 12.6 Å². The zero-order valence-electron chi connectivity index (χ0n) is 10.5. The van der Waals surface area contributed by atoms with Crippen molar-refractivity contribution in [1.29, 1.82) is 0 Å². The predicted octanol–water partition coefficient (Wildman–Crippen LogP) is 0.929. The molecule has 98 valence electrons. The lowest BCUT2D eigenvalue weighted by Crippen LogP contribution is -2.45. The monoisotopic (exact) mass is 249 g/mol. The van der Waals surface area contributed by atoms with Crippen molar-refractivity contribution in [3.63, 3.8) is 0 Å². The van der Waals surface area contributed by atoms with Gasteiger partial charge in [0, 0.05) is 25.0 Å². The highest BCUT2D eigenvalue weighted by molar-refractivity contribution is 5.38. The highest BCUT2D eigenvalue weighted by Gasteiger charge is 2.29. The highest BCUT2D eigenvalue weighted by Crippen LogP contribution is 2.33. The van der Waals surface area contributed by atoms with E-state index in [0.29, 0.717) is 11.9 Å². The number of nitrogens with zero attached hydrogens (tertiary/aromatic N) is 3. The summed E-state index contributed by atoms with van der Waals surface area (Å²) >= 11 is 0. The molecule has 1 saturated carbocycles. The van der Waals surface area contributed by atoms with Crippen molar-refractivity contribution in [2.45, 2.75) is 44.2 Å². The second-order valence-electron chi connectivity index (χ2n) is 5.22. The number of piperidine rings is 1. The predicted molar refractivity (Wildman–Crippen MR) is 68.8 cm³/mol. The Labute approximate surface area is 106 Å². The van der Waals surface area contributed by atoms with Gasteiger partial charge in [-0.1, -0.05) is 0 Å². The molecule has 18 heavy (non-hydrogen) atoms. The molecule has 1 atom stereocenters. The summed E-state index contributed by atoms with van der Waals surface area (Å²) in [4.78, 5) is 18.6. The van der Waals surface area contributed by atoms with Crippen LogP contribution in [-0.2, 0) is 0 Å². The summed E-state index contributed by atoms with van der Waals surface area (Å²) in [6, 6.07) is 0.422. The number of aliphatic hydroxyl groups is 1. The Kier molecular flexibility index (Phi) is 3.07. The quantitative estimate of drug-likeness (QED) is 0.865. The molecule has 1 aliphatic heterocycles. The summed E-state index contributed by atoms with van der Waals surface area (Å²) in [6.07, 6.45) is 8.79. The van der Waals surface area contributed by atoms with Crippen LogP contribution in [-0.4, -0.2) is 33.9 Å². The number of aromatic nitrogens is 2. The van der Waals surface area contributed by atoms with Crippen LogP contribution >= 0.6 is 0 Å². The Morgan fingerprint density at radius 2 is 2.17 bits per heavy atom. The van der Waals surface area contributed by atoms with Crippen LogP contribution in [0.2, 0.25) is 0 Å². The maximum absolute atomic E-state index is 12.4. The Morgan fingerprint density at radius 1 is 1.33 bits per heavy atom. The Hall–Kier alpha value is -1.36. The van der Waals surface area contributed by atoms with Gasteiger partial charge < -0.3 is 14.6 Å². The lowest BCUT2D eigenvalue weighted by molar-refractivity contribution is 0.239. The number of anilines is 1. The molecular weight excluding hydrogens is 230 g/mol. The molecule has 0 amide bonds. The molecule has 1 aromatic heterocycles. The summed E-state index contributed by atoms with van der Waals surface area (Å²) in [5.74, 6) is 0.517. The summed E-state index contributed by atoms with van der Waals surface area (Å²) < 4.78 is 1.80. The number of aliphatic hydroxyl groups excluding tert-OH is 1. The van der Waals surface area contributed by atoms with Crippen LogP contribution < -0.4 is 10.5 Å². The van der Waals surface area contributed by atoms with E-state index in [2.05, 4.69) is 4.98 Å². The molecule has 0 spiro atoms. The molecular formula is C13H19N3O2. The van der Waals surface area contributed by atoms with Crippen molar-refractivity contribution < 1.29 is 5.11 Å². The fraction of sp³-hybridized carbons (Fsp3) is 0.692.